The lowest BCUT2D eigenvalue weighted by Crippen LogP contribution is -3.00. The summed E-state index contributed by atoms with van der Waals surface area (Å²) in [6.45, 7) is 2.06. The van der Waals surface area contributed by atoms with Crippen LogP contribution in [0.25, 0.3) is 11.0 Å². The van der Waals surface area contributed by atoms with Gasteiger partial charge < -0.3 is 27.3 Å². The van der Waals surface area contributed by atoms with Crippen LogP contribution in [0.2, 0.25) is 0 Å². The van der Waals surface area contributed by atoms with Crippen LogP contribution in [0.4, 0.5) is 0 Å². The normalized spacial score (nSPS) is 10.0. The van der Waals surface area contributed by atoms with Crippen molar-refractivity contribution in [2.24, 2.45) is 5.73 Å². The van der Waals surface area contributed by atoms with E-state index in [9.17, 15) is 9.59 Å². The van der Waals surface area contributed by atoms with E-state index in [0.29, 0.717) is 11.3 Å². The molecule has 1 aromatic carbocycles. The Morgan fingerprint density at radius 2 is 2.11 bits per heavy atom. The van der Waals surface area contributed by atoms with Crippen molar-refractivity contribution in [2.45, 2.75) is 13.3 Å². The first-order valence-corrected chi connectivity index (χ1v) is 5.55. The zero-order chi connectivity index (χ0) is 13.1. The Labute approximate surface area is 115 Å². The van der Waals surface area contributed by atoms with Crippen molar-refractivity contribution in [1.29, 1.82) is 0 Å². The number of rotatable bonds is 3. The van der Waals surface area contributed by atoms with Gasteiger partial charge in [0.05, 0.1) is 6.42 Å². The lowest BCUT2D eigenvalue weighted by atomic mass is 10.1. The molecule has 0 unspecified atom stereocenters. The summed E-state index contributed by atoms with van der Waals surface area (Å²) >= 11 is 0. The van der Waals surface area contributed by atoms with E-state index in [1.165, 1.54) is 12.1 Å². The lowest BCUT2D eigenvalue weighted by molar-refractivity contribution is -0.134. The maximum Gasteiger partial charge on any atom is 0.336 e. The van der Waals surface area contributed by atoms with Gasteiger partial charge in [-0.1, -0.05) is 0 Å². The Kier molecular flexibility index (Phi) is 5.09. The number of hydrogen-bond acceptors (Lipinski definition) is 5. The zero-order valence-electron chi connectivity index (χ0n) is 10.3. The van der Waals surface area contributed by atoms with Crippen molar-refractivity contribution in [1.82, 2.24) is 0 Å². The van der Waals surface area contributed by atoms with Gasteiger partial charge in [-0.25, -0.2) is 4.79 Å². The number of hydrogen-bond donors (Lipinski definition) is 1. The van der Waals surface area contributed by atoms with Crippen molar-refractivity contribution in [3.63, 3.8) is 0 Å². The molecule has 0 aliphatic carbocycles. The molecule has 1 aromatic heterocycles. The van der Waals surface area contributed by atoms with E-state index in [2.05, 4.69) is 0 Å². The molecule has 19 heavy (non-hydrogen) atoms. The van der Waals surface area contributed by atoms with E-state index in [0.717, 1.165) is 10.9 Å². The molecule has 0 radical (unpaired) electrons. The highest BCUT2D eigenvalue weighted by atomic mass is 35.5. The summed E-state index contributed by atoms with van der Waals surface area (Å²) in [7, 11) is 0. The number of fused-ring (bicyclic) bond motifs is 1. The van der Waals surface area contributed by atoms with Gasteiger partial charge in [-0.2, -0.15) is 0 Å². The van der Waals surface area contributed by atoms with Gasteiger partial charge in [-0.15, -0.1) is 0 Å². The molecular weight excluding hydrogens is 270 g/mol. The van der Waals surface area contributed by atoms with Crippen molar-refractivity contribution in [2.75, 3.05) is 6.54 Å². The Bertz CT molecular complexity index is 651. The van der Waals surface area contributed by atoms with Gasteiger partial charge in [0, 0.05) is 24.1 Å². The summed E-state index contributed by atoms with van der Waals surface area (Å²) in [6, 6.07) is 6.35. The molecule has 2 rings (SSSR count). The number of carbonyl (C=O) groups excluding carboxylic acids is 1. The minimum atomic E-state index is -0.426. The van der Waals surface area contributed by atoms with E-state index in [1.54, 1.807) is 12.1 Å². The van der Waals surface area contributed by atoms with Gasteiger partial charge in [0.2, 0.25) is 0 Å². The quantitative estimate of drug-likeness (QED) is 0.415. The molecule has 5 nitrogen and oxygen atoms in total. The standard InChI is InChI=1S/C13H13NO4.ClH/c1-8-6-13(16)18-11-7-9(2-3-10(8)11)17-12(15)4-5-14;/h2-3,6-7H,4-5,14H2,1H3;1H/p-1. The number of esters is 1. The minimum absolute atomic E-state index is 0. The zero-order valence-corrected chi connectivity index (χ0v) is 11.1. The van der Waals surface area contributed by atoms with E-state index < -0.39 is 11.6 Å². The first-order chi connectivity index (χ1) is 8.60. The van der Waals surface area contributed by atoms with Crippen molar-refractivity contribution in [3.8, 4) is 5.75 Å². The van der Waals surface area contributed by atoms with Crippen LogP contribution in [0.5, 0.6) is 5.75 Å². The molecular formula is C13H13ClNO4-. The van der Waals surface area contributed by atoms with Crippen LogP contribution in [0.3, 0.4) is 0 Å². The first-order valence-electron chi connectivity index (χ1n) is 5.55. The molecule has 0 bridgehead atoms. The molecule has 0 spiro atoms. The largest absolute Gasteiger partial charge is 1.00 e. The Hall–Kier alpha value is -1.85. The highest BCUT2D eigenvalue weighted by Gasteiger charge is 2.07. The second-order valence-electron chi connectivity index (χ2n) is 3.92. The SMILES string of the molecule is Cc1cc(=O)oc2cc(OC(=O)CCN)ccc12.[Cl-]. The second kappa shape index (κ2) is 6.36. The highest BCUT2D eigenvalue weighted by Crippen LogP contribution is 2.22. The van der Waals surface area contributed by atoms with Gasteiger partial charge >= 0.3 is 11.6 Å². The average molecular weight is 283 g/mol. The number of ether oxygens (including phenoxy) is 1. The highest BCUT2D eigenvalue weighted by molar-refractivity contribution is 5.82. The summed E-state index contributed by atoms with van der Waals surface area (Å²) in [5, 5.41) is 0.813. The molecule has 1 heterocycles. The molecule has 2 aromatic rings. The van der Waals surface area contributed by atoms with Crippen LogP contribution < -0.4 is 28.5 Å². The second-order valence-corrected chi connectivity index (χ2v) is 3.92. The molecule has 0 saturated heterocycles. The fourth-order valence-electron chi connectivity index (χ4n) is 1.67. The van der Waals surface area contributed by atoms with Gasteiger partial charge in [0.25, 0.3) is 0 Å². The van der Waals surface area contributed by atoms with Crippen LogP contribution in [0.1, 0.15) is 12.0 Å². The van der Waals surface area contributed by atoms with Gasteiger partial charge in [0.15, 0.2) is 0 Å². The molecule has 102 valence electrons. The topological polar surface area (TPSA) is 82.5 Å². The maximum atomic E-state index is 11.3. The molecule has 0 aliphatic rings. The first kappa shape index (κ1) is 15.2. The van der Waals surface area contributed by atoms with Crippen LogP contribution in [-0.2, 0) is 4.79 Å². The summed E-state index contributed by atoms with van der Waals surface area (Å²) in [4.78, 5) is 22.5. The van der Waals surface area contributed by atoms with Crippen molar-refractivity contribution >= 4 is 16.9 Å². The van der Waals surface area contributed by atoms with Gasteiger partial charge in [-0.05, 0) is 24.6 Å². The number of nitrogens with two attached hydrogens (primary N) is 1. The molecule has 0 aliphatic heterocycles. The van der Waals surface area contributed by atoms with E-state index >= 15 is 0 Å². The number of benzene rings is 1. The van der Waals surface area contributed by atoms with Crippen molar-refractivity contribution in [3.05, 3.63) is 40.2 Å². The van der Waals surface area contributed by atoms with Crippen molar-refractivity contribution < 1.29 is 26.4 Å². The molecule has 0 amide bonds. The van der Waals surface area contributed by atoms with Crippen LogP contribution in [-0.4, -0.2) is 12.5 Å². The van der Waals surface area contributed by atoms with Crippen LogP contribution >= 0.6 is 0 Å². The maximum absolute atomic E-state index is 11.3. The molecule has 0 atom stereocenters. The molecule has 6 heteroatoms. The number of aryl methyl sites for hydroxylation is 1. The van der Waals surface area contributed by atoms with Crippen LogP contribution in [0, 0.1) is 6.92 Å². The third-order valence-corrected chi connectivity index (χ3v) is 2.50. The summed E-state index contributed by atoms with van der Waals surface area (Å²) < 4.78 is 10.1. The molecule has 0 fully saturated rings. The Morgan fingerprint density at radius 1 is 1.37 bits per heavy atom. The lowest BCUT2D eigenvalue weighted by Gasteiger charge is -2.05. The average Bonchev–Trinajstić information content (AvgIpc) is 2.28. The monoisotopic (exact) mass is 282 g/mol. The number of halogens is 1. The summed E-state index contributed by atoms with van der Waals surface area (Å²) in [6.07, 6.45) is 0.149. The van der Waals surface area contributed by atoms with Crippen LogP contribution in [0.15, 0.2) is 33.5 Å². The Balaban J connectivity index is 0.00000180. The minimum Gasteiger partial charge on any atom is -1.00 e. The molecule has 0 saturated carbocycles. The fourth-order valence-corrected chi connectivity index (χ4v) is 1.67. The van der Waals surface area contributed by atoms with E-state index in [4.69, 9.17) is 14.9 Å². The Morgan fingerprint density at radius 3 is 2.79 bits per heavy atom. The smallest absolute Gasteiger partial charge is 0.336 e. The van der Waals surface area contributed by atoms with Gasteiger partial charge in [-0.3, -0.25) is 4.79 Å². The predicted molar refractivity (Wildman–Crippen MR) is 66.5 cm³/mol. The fraction of sp³-hybridized carbons (Fsp3) is 0.231. The van der Waals surface area contributed by atoms with Gasteiger partial charge in [0.1, 0.15) is 11.3 Å². The van der Waals surface area contributed by atoms with E-state index in [-0.39, 0.29) is 25.4 Å². The van der Waals surface area contributed by atoms with E-state index in [1.807, 2.05) is 6.92 Å². The number of carbonyl (C=O) groups is 1. The summed E-state index contributed by atoms with van der Waals surface area (Å²) in [5.74, 6) is -0.0680. The molecule has 2 N–H and O–H groups in total. The third kappa shape index (κ3) is 3.56. The third-order valence-electron chi connectivity index (χ3n) is 2.50. The summed E-state index contributed by atoms with van der Waals surface area (Å²) in [5.41, 5.74) is 6.05. The predicted octanol–water partition coefficient (Wildman–Crippen LogP) is -1.64.